The molecular formula is C5H10O8P2. The van der Waals surface area contributed by atoms with Crippen LogP contribution in [0.25, 0.3) is 0 Å². The first-order valence-corrected chi connectivity index (χ1v) is 6.75. The van der Waals surface area contributed by atoms with E-state index in [9.17, 15) is 13.9 Å². The molecule has 1 atom stereocenters. The Morgan fingerprint density at radius 3 is 1.53 bits per heavy atom. The lowest BCUT2D eigenvalue weighted by Crippen LogP contribution is -2.21. The van der Waals surface area contributed by atoms with Crippen LogP contribution in [0.3, 0.4) is 0 Å². The maximum absolute atomic E-state index is 10.8. The average molecular weight is 260 g/mol. The zero-order valence-corrected chi connectivity index (χ0v) is 9.14. The van der Waals surface area contributed by atoms with Crippen molar-refractivity contribution in [3.63, 3.8) is 0 Å². The summed E-state index contributed by atoms with van der Waals surface area (Å²) < 4.78 is 21.5. The lowest BCUT2D eigenvalue weighted by atomic mass is 10.1. The van der Waals surface area contributed by atoms with Gasteiger partial charge in [0.2, 0.25) is 5.40 Å². The predicted octanol–water partition coefficient (Wildman–Crippen LogP) is -0.244. The van der Waals surface area contributed by atoms with Gasteiger partial charge in [-0.2, -0.15) is 0 Å². The van der Waals surface area contributed by atoms with E-state index in [0.29, 0.717) is 0 Å². The summed E-state index contributed by atoms with van der Waals surface area (Å²) in [7, 11) is -10.6. The van der Waals surface area contributed by atoms with E-state index >= 15 is 0 Å². The van der Waals surface area contributed by atoms with E-state index in [4.69, 9.17) is 24.7 Å². The Labute approximate surface area is 85.3 Å². The average Bonchev–Trinajstić information content (AvgIpc) is 1.93. The SMILES string of the molecule is [CH2]CC([C](P(=O)(O)O)P(=O)(O)O)C(=O)O. The van der Waals surface area contributed by atoms with Crippen LogP contribution in [0.4, 0.5) is 0 Å². The quantitative estimate of drug-likeness (QED) is 0.424. The zero-order chi connectivity index (χ0) is 12.4. The molecule has 10 heteroatoms. The molecule has 1 unspecified atom stereocenters. The van der Waals surface area contributed by atoms with E-state index < -0.39 is 38.9 Å². The standard InChI is InChI=1S/C5H10O8P2/c1-2-3(4(6)7)5(14(8,9)10)15(11,12)13/h3H,1-2H2,(H,6,7)(H2,8,9,10)(H2,11,12,13). The summed E-state index contributed by atoms with van der Waals surface area (Å²) in [5.41, 5.74) is 0. The number of carbonyl (C=O) groups is 1. The molecule has 0 saturated heterocycles. The summed E-state index contributed by atoms with van der Waals surface area (Å²) in [5.74, 6) is -3.71. The van der Waals surface area contributed by atoms with Gasteiger partial charge in [-0.05, 0) is 6.42 Å². The third-order valence-corrected chi connectivity index (χ3v) is 4.88. The minimum absolute atomic E-state index is 0.569. The molecule has 15 heavy (non-hydrogen) atoms. The van der Waals surface area contributed by atoms with Crippen molar-refractivity contribution in [2.45, 2.75) is 6.42 Å². The number of carboxylic acid groups (broad SMARTS) is 1. The van der Waals surface area contributed by atoms with Crippen LogP contribution in [0.2, 0.25) is 0 Å². The van der Waals surface area contributed by atoms with Gasteiger partial charge in [0.15, 0.2) is 0 Å². The van der Waals surface area contributed by atoms with E-state index in [2.05, 4.69) is 6.92 Å². The van der Waals surface area contributed by atoms with Gasteiger partial charge in [0.25, 0.3) is 0 Å². The highest BCUT2D eigenvalue weighted by molar-refractivity contribution is 7.75. The van der Waals surface area contributed by atoms with Gasteiger partial charge in [-0.25, -0.2) is 0 Å². The first-order chi connectivity index (χ1) is 6.51. The van der Waals surface area contributed by atoms with Crippen LogP contribution >= 0.6 is 15.2 Å². The molecule has 0 fully saturated rings. The summed E-state index contributed by atoms with van der Waals surface area (Å²) in [5, 5.41) is 6.92. The third kappa shape index (κ3) is 4.03. The monoisotopic (exact) mass is 260 g/mol. The lowest BCUT2D eigenvalue weighted by molar-refractivity contribution is -0.140. The van der Waals surface area contributed by atoms with Crippen molar-refractivity contribution in [2.24, 2.45) is 5.92 Å². The van der Waals surface area contributed by atoms with Crippen molar-refractivity contribution in [1.29, 1.82) is 0 Å². The molecule has 2 radical (unpaired) electrons. The maximum Gasteiger partial charge on any atom is 0.346 e. The van der Waals surface area contributed by atoms with Crippen LogP contribution in [0.15, 0.2) is 0 Å². The van der Waals surface area contributed by atoms with Gasteiger partial charge in [-0.1, -0.05) is 6.92 Å². The molecule has 0 saturated carbocycles. The Morgan fingerprint density at radius 1 is 1.13 bits per heavy atom. The van der Waals surface area contributed by atoms with Crippen molar-refractivity contribution in [1.82, 2.24) is 0 Å². The summed E-state index contributed by atoms with van der Waals surface area (Å²) in [6.07, 6.45) is -0.569. The second-order valence-corrected chi connectivity index (χ2v) is 6.12. The van der Waals surface area contributed by atoms with Crippen LogP contribution in [0, 0.1) is 18.2 Å². The van der Waals surface area contributed by atoms with Crippen LogP contribution in [-0.2, 0) is 13.9 Å². The number of rotatable bonds is 5. The van der Waals surface area contributed by atoms with Gasteiger partial charge in [0.05, 0.1) is 5.92 Å². The molecule has 0 aliphatic rings. The summed E-state index contributed by atoms with van der Waals surface area (Å²) >= 11 is 0. The Bertz CT molecular complexity index is 304. The maximum atomic E-state index is 10.8. The first-order valence-electron chi connectivity index (χ1n) is 3.53. The molecule has 0 aromatic carbocycles. The Morgan fingerprint density at radius 2 is 1.47 bits per heavy atom. The minimum atomic E-state index is -5.29. The molecule has 0 spiro atoms. The highest BCUT2D eigenvalue weighted by Gasteiger charge is 2.52. The fourth-order valence-electron chi connectivity index (χ4n) is 0.939. The van der Waals surface area contributed by atoms with Crippen molar-refractivity contribution < 1.29 is 38.6 Å². The number of hydrogen-bond acceptors (Lipinski definition) is 3. The second kappa shape index (κ2) is 4.74. The van der Waals surface area contributed by atoms with Crippen LogP contribution in [0.5, 0.6) is 0 Å². The number of hydrogen-bond donors (Lipinski definition) is 5. The van der Waals surface area contributed by atoms with Gasteiger partial charge in [-0.15, -0.1) is 0 Å². The van der Waals surface area contributed by atoms with Crippen molar-refractivity contribution in [2.75, 3.05) is 0 Å². The van der Waals surface area contributed by atoms with Gasteiger partial charge in [0, 0.05) is 0 Å². The minimum Gasteiger partial charge on any atom is -0.481 e. The Balaban J connectivity index is 5.40. The van der Waals surface area contributed by atoms with Crippen LogP contribution in [0.1, 0.15) is 6.42 Å². The summed E-state index contributed by atoms with van der Waals surface area (Å²) in [6, 6.07) is 0. The Hall–Kier alpha value is -0.230. The number of carboxylic acids is 1. The topological polar surface area (TPSA) is 152 Å². The second-order valence-electron chi connectivity index (χ2n) is 2.63. The van der Waals surface area contributed by atoms with Gasteiger partial charge >= 0.3 is 21.2 Å². The Kier molecular flexibility index (Phi) is 4.67. The lowest BCUT2D eigenvalue weighted by Gasteiger charge is -2.23. The molecule has 0 rings (SSSR count). The van der Waals surface area contributed by atoms with E-state index in [1.54, 1.807) is 0 Å². The predicted molar refractivity (Wildman–Crippen MR) is 48.4 cm³/mol. The fourth-order valence-corrected chi connectivity index (χ4v) is 3.59. The largest absolute Gasteiger partial charge is 0.481 e. The molecule has 0 aliphatic heterocycles. The molecule has 0 aromatic rings. The van der Waals surface area contributed by atoms with Crippen LogP contribution < -0.4 is 0 Å². The molecule has 0 aliphatic carbocycles. The molecule has 0 aromatic heterocycles. The fraction of sp³-hybridized carbons (Fsp3) is 0.400. The molecule has 0 bridgehead atoms. The molecule has 5 N–H and O–H groups in total. The van der Waals surface area contributed by atoms with Gasteiger partial charge < -0.3 is 24.7 Å². The van der Waals surface area contributed by atoms with E-state index in [1.807, 2.05) is 0 Å². The van der Waals surface area contributed by atoms with Gasteiger partial charge in [0.1, 0.15) is 0 Å². The first kappa shape index (κ1) is 14.8. The van der Waals surface area contributed by atoms with Crippen molar-refractivity contribution in [3.8, 4) is 0 Å². The van der Waals surface area contributed by atoms with E-state index in [1.165, 1.54) is 0 Å². The summed E-state index contributed by atoms with van der Waals surface area (Å²) in [4.78, 5) is 45.1. The summed E-state index contributed by atoms with van der Waals surface area (Å²) in [6.45, 7) is 3.07. The molecule has 8 nitrogen and oxygen atoms in total. The molecule has 88 valence electrons. The third-order valence-electron chi connectivity index (χ3n) is 1.50. The molecular weight excluding hydrogens is 250 g/mol. The van der Waals surface area contributed by atoms with Gasteiger partial charge in [-0.3, -0.25) is 13.9 Å². The number of aliphatic carboxylic acids is 1. The normalized spacial score (nSPS) is 15.3. The highest BCUT2D eigenvalue weighted by atomic mass is 31.2. The van der Waals surface area contributed by atoms with Crippen LogP contribution in [-0.4, -0.2) is 30.6 Å². The molecule has 0 amide bonds. The molecule has 0 heterocycles. The zero-order valence-electron chi connectivity index (χ0n) is 7.35. The van der Waals surface area contributed by atoms with Crippen molar-refractivity contribution >= 4 is 21.2 Å². The van der Waals surface area contributed by atoms with E-state index in [0.717, 1.165) is 0 Å². The van der Waals surface area contributed by atoms with E-state index in [-0.39, 0.29) is 0 Å². The highest BCUT2D eigenvalue weighted by Crippen LogP contribution is 2.69. The van der Waals surface area contributed by atoms with Crippen molar-refractivity contribution in [3.05, 3.63) is 12.3 Å². The smallest absolute Gasteiger partial charge is 0.346 e.